The molecule has 1 N–H and O–H groups in total. The minimum atomic E-state index is -0.209. The first-order valence-electron chi connectivity index (χ1n) is 10.2. The maximum absolute atomic E-state index is 13.1. The molecule has 1 fully saturated rings. The van der Waals surface area contributed by atoms with Gasteiger partial charge >= 0.3 is 0 Å². The molecule has 0 atom stereocenters. The highest BCUT2D eigenvalue weighted by Gasteiger charge is 2.24. The van der Waals surface area contributed by atoms with E-state index < -0.39 is 0 Å². The van der Waals surface area contributed by atoms with E-state index in [1.165, 1.54) is 18.0 Å². The molecule has 0 aliphatic carbocycles. The van der Waals surface area contributed by atoms with Crippen LogP contribution in [-0.4, -0.2) is 67.6 Å². The van der Waals surface area contributed by atoms with E-state index in [1.54, 1.807) is 11.0 Å². The molecule has 1 aromatic carbocycles. The number of carbonyl (C=O) groups excluding carboxylic acids is 2. The molecule has 7 nitrogen and oxygen atoms in total. The van der Waals surface area contributed by atoms with Crippen molar-refractivity contribution >= 4 is 17.5 Å². The number of ether oxygens (including phenoxy) is 1. The van der Waals surface area contributed by atoms with E-state index in [-0.39, 0.29) is 11.8 Å². The van der Waals surface area contributed by atoms with Crippen LogP contribution < -0.4 is 10.2 Å². The lowest BCUT2D eigenvalue weighted by Crippen LogP contribution is -2.41. The van der Waals surface area contributed by atoms with E-state index in [2.05, 4.69) is 21.3 Å². The van der Waals surface area contributed by atoms with Crippen LogP contribution in [0.3, 0.4) is 0 Å². The molecule has 0 unspecified atom stereocenters. The Morgan fingerprint density at radius 3 is 2.72 bits per heavy atom. The number of nitrogens with one attached hydrogen (secondary N) is 1. The Labute approximate surface area is 170 Å². The minimum Gasteiger partial charge on any atom is -0.379 e. The number of morpholine rings is 1. The lowest BCUT2D eigenvalue weighted by atomic mass is 10.0. The molecule has 3 heterocycles. The van der Waals surface area contributed by atoms with Crippen molar-refractivity contribution in [2.45, 2.75) is 12.8 Å². The van der Waals surface area contributed by atoms with E-state index in [4.69, 9.17) is 4.74 Å². The van der Waals surface area contributed by atoms with E-state index in [1.807, 2.05) is 18.2 Å². The number of rotatable bonds is 5. The third kappa shape index (κ3) is 4.63. The Morgan fingerprint density at radius 1 is 1.07 bits per heavy atom. The van der Waals surface area contributed by atoms with Gasteiger partial charge in [-0.15, -0.1) is 0 Å². The summed E-state index contributed by atoms with van der Waals surface area (Å²) in [7, 11) is 0. The minimum absolute atomic E-state index is 0.118. The van der Waals surface area contributed by atoms with Gasteiger partial charge in [-0.1, -0.05) is 18.2 Å². The summed E-state index contributed by atoms with van der Waals surface area (Å²) >= 11 is 0. The summed E-state index contributed by atoms with van der Waals surface area (Å²) in [5.74, 6) is -0.327. The lowest BCUT2D eigenvalue weighted by Gasteiger charge is -2.29. The highest BCUT2D eigenvalue weighted by atomic mass is 16.5. The number of fused-ring (bicyclic) bond motifs is 1. The number of hydrogen-bond donors (Lipinski definition) is 1. The molecule has 0 radical (unpaired) electrons. The molecular weight excluding hydrogens is 368 g/mol. The molecule has 2 aliphatic rings. The summed E-state index contributed by atoms with van der Waals surface area (Å²) in [5, 5.41) is 2.92. The quantitative estimate of drug-likeness (QED) is 0.836. The molecule has 0 bridgehead atoms. The number of benzene rings is 1. The van der Waals surface area contributed by atoms with Crippen molar-refractivity contribution in [3.63, 3.8) is 0 Å². The van der Waals surface area contributed by atoms with Gasteiger partial charge in [0, 0.05) is 50.8 Å². The molecule has 2 amide bonds. The molecule has 152 valence electrons. The number of carbonyl (C=O) groups is 2. The van der Waals surface area contributed by atoms with Gasteiger partial charge in [0.05, 0.1) is 24.3 Å². The Bertz CT molecular complexity index is 880. The fraction of sp³-hybridized carbons (Fsp3) is 0.409. The standard InChI is InChI=1S/C22H26N4O3/c27-21(24-7-9-25-10-12-29-13-11-25)18-14-19(16-23-15-18)22(28)26-8-3-5-17-4-1-2-6-20(17)26/h1-2,4,6,14-16H,3,5,7-13H2,(H,24,27). The molecule has 2 aromatic rings. The van der Waals surface area contributed by atoms with E-state index in [0.29, 0.717) is 24.2 Å². The number of aromatic nitrogens is 1. The van der Waals surface area contributed by atoms with Crippen molar-refractivity contribution in [3.05, 3.63) is 59.4 Å². The maximum Gasteiger partial charge on any atom is 0.259 e. The van der Waals surface area contributed by atoms with Crippen LogP contribution in [-0.2, 0) is 11.2 Å². The predicted octanol–water partition coefficient (Wildman–Crippen LogP) is 1.74. The van der Waals surface area contributed by atoms with Crippen molar-refractivity contribution in [2.24, 2.45) is 0 Å². The molecular formula is C22H26N4O3. The number of para-hydroxylation sites is 1. The topological polar surface area (TPSA) is 74.8 Å². The summed E-state index contributed by atoms with van der Waals surface area (Å²) in [6.45, 7) is 5.26. The second-order valence-electron chi connectivity index (χ2n) is 7.36. The smallest absolute Gasteiger partial charge is 0.259 e. The van der Waals surface area contributed by atoms with Gasteiger partial charge in [-0.25, -0.2) is 0 Å². The normalized spacial score (nSPS) is 16.9. The van der Waals surface area contributed by atoms with Crippen LogP contribution in [0.1, 0.15) is 32.7 Å². The third-order valence-corrected chi connectivity index (χ3v) is 5.42. The number of pyridine rings is 1. The number of aryl methyl sites for hydroxylation is 1. The average molecular weight is 394 g/mol. The monoisotopic (exact) mass is 394 g/mol. The summed E-state index contributed by atoms with van der Waals surface area (Å²) in [5.41, 5.74) is 2.96. The van der Waals surface area contributed by atoms with E-state index >= 15 is 0 Å². The van der Waals surface area contributed by atoms with Crippen LogP contribution in [0.4, 0.5) is 5.69 Å². The van der Waals surface area contributed by atoms with Crippen molar-refractivity contribution in [3.8, 4) is 0 Å². The zero-order valence-electron chi connectivity index (χ0n) is 16.5. The molecule has 1 saturated heterocycles. The molecule has 1 aromatic heterocycles. The van der Waals surface area contributed by atoms with Crippen LogP contribution in [0.2, 0.25) is 0 Å². The molecule has 4 rings (SSSR count). The summed E-state index contributed by atoms with van der Waals surface area (Å²) < 4.78 is 5.33. The van der Waals surface area contributed by atoms with E-state index in [0.717, 1.165) is 51.4 Å². The lowest BCUT2D eigenvalue weighted by molar-refractivity contribution is 0.0383. The zero-order valence-corrected chi connectivity index (χ0v) is 16.5. The Hall–Kier alpha value is -2.77. The highest BCUT2D eigenvalue weighted by molar-refractivity contribution is 6.08. The van der Waals surface area contributed by atoms with Crippen LogP contribution in [0.5, 0.6) is 0 Å². The van der Waals surface area contributed by atoms with Gasteiger partial charge in [0.15, 0.2) is 0 Å². The zero-order chi connectivity index (χ0) is 20.1. The number of anilines is 1. The van der Waals surface area contributed by atoms with Gasteiger partial charge in [0.1, 0.15) is 0 Å². The fourth-order valence-corrected chi connectivity index (χ4v) is 3.84. The summed E-state index contributed by atoms with van der Waals surface area (Å²) in [4.78, 5) is 33.8. The first kappa shape index (κ1) is 19.5. The van der Waals surface area contributed by atoms with Crippen LogP contribution in [0.15, 0.2) is 42.7 Å². The van der Waals surface area contributed by atoms with Crippen LogP contribution >= 0.6 is 0 Å². The van der Waals surface area contributed by atoms with Gasteiger partial charge in [0.2, 0.25) is 0 Å². The Morgan fingerprint density at radius 2 is 1.86 bits per heavy atom. The molecule has 0 spiro atoms. The first-order valence-corrected chi connectivity index (χ1v) is 10.2. The highest BCUT2D eigenvalue weighted by Crippen LogP contribution is 2.28. The Kier molecular flexibility index (Phi) is 6.17. The fourth-order valence-electron chi connectivity index (χ4n) is 3.84. The second kappa shape index (κ2) is 9.15. The SMILES string of the molecule is O=C(NCCN1CCOCC1)c1cncc(C(=O)N2CCCc3ccccc32)c1. The maximum atomic E-state index is 13.1. The van der Waals surface area contributed by atoms with Crippen molar-refractivity contribution in [1.82, 2.24) is 15.2 Å². The van der Waals surface area contributed by atoms with Gasteiger partial charge in [-0.3, -0.25) is 19.5 Å². The van der Waals surface area contributed by atoms with Gasteiger partial charge in [-0.05, 0) is 30.5 Å². The second-order valence-corrected chi connectivity index (χ2v) is 7.36. The van der Waals surface area contributed by atoms with E-state index in [9.17, 15) is 9.59 Å². The summed E-state index contributed by atoms with van der Waals surface area (Å²) in [6, 6.07) is 9.61. The molecule has 0 saturated carbocycles. The van der Waals surface area contributed by atoms with Crippen molar-refractivity contribution < 1.29 is 14.3 Å². The molecule has 2 aliphatic heterocycles. The third-order valence-electron chi connectivity index (χ3n) is 5.42. The van der Waals surface area contributed by atoms with Crippen molar-refractivity contribution in [1.29, 1.82) is 0 Å². The van der Waals surface area contributed by atoms with Gasteiger partial charge < -0.3 is 15.0 Å². The predicted molar refractivity (Wildman–Crippen MR) is 110 cm³/mol. The number of hydrogen-bond acceptors (Lipinski definition) is 5. The first-order chi connectivity index (χ1) is 14.2. The number of nitrogens with zero attached hydrogens (tertiary/aromatic N) is 3. The van der Waals surface area contributed by atoms with Crippen molar-refractivity contribution in [2.75, 3.05) is 50.8 Å². The molecule has 29 heavy (non-hydrogen) atoms. The molecule has 7 heteroatoms. The number of amides is 2. The average Bonchev–Trinajstić information content (AvgIpc) is 2.79. The van der Waals surface area contributed by atoms with Gasteiger partial charge in [-0.2, -0.15) is 0 Å². The van der Waals surface area contributed by atoms with Crippen LogP contribution in [0.25, 0.3) is 0 Å². The van der Waals surface area contributed by atoms with Crippen LogP contribution in [0, 0.1) is 0 Å². The van der Waals surface area contributed by atoms with Gasteiger partial charge in [0.25, 0.3) is 11.8 Å². The summed E-state index contributed by atoms with van der Waals surface area (Å²) in [6.07, 6.45) is 4.94. The largest absolute Gasteiger partial charge is 0.379 e. The Balaban J connectivity index is 1.40.